The largest absolute Gasteiger partial charge is 0.328 e. The molecule has 0 bridgehead atoms. The first-order chi connectivity index (χ1) is 14.3. The molecule has 0 aromatic carbocycles. The summed E-state index contributed by atoms with van der Waals surface area (Å²) in [7, 11) is 0. The highest BCUT2D eigenvalue weighted by Gasteiger charge is 2.28. The van der Waals surface area contributed by atoms with Crippen molar-refractivity contribution in [2.24, 2.45) is 11.8 Å². The van der Waals surface area contributed by atoms with Crippen LogP contribution in [0.2, 0.25) is 0 Å². The Kier molecular flexibility index (Phi) is 12.2. The van der Waals surface area contributed by atoms with Gasteiger partial charge in [-0.2, -0.15) is 0 Å². The molecule has 1 fully saturated rings. The molecule has 0 spiro atoms. The smallest absolute Gasteiger partial charge is 0.318 e. The van der Waals surface area contributed by atoms with Gasteiger partial charge in [-0.25, -0.2) is 10.3 Å². The number of Topliss-reactive ketones (excluding diaryl/α,β-unsaturated/α-hetero) is 1. The Morgan fingerprint density at radius 3 is 2.30 bits per heavy atom. The van der Waals surface area contributed by atoms with Crippen LogP contribution in [-0.4, -0.2) is 77.8 Å². The number of aldehydes is 1. The van der Waals surface area contributed by atoms with E-state index in [1.165, 1.54) is 0 Å². The molecule has 3 N–H and O–H groups in total. The number of hydroxylamine groups is 1. The number of carbonyl (C=O) groups is 4. The van der Waals surface area contributed by atoms with E-state index in [9.17, 15) is 19.2 Å². The molecule has 30 heavy (non-hydrogen) atoms. The summed E-state index contributed by atoms with van der Waals surface area (Å²) in [6, 6.07) is -0.673. The maximum absolute atomic E-state index is 12.6. The van der Waals surface area contributed by atoms with Crippen LogP contribution in [-0.2, 0) is 14.4 Å². The van der Waals surface area contributed by atoms with Crippen LogP contribution in [0.1, 0.15) is 59.3 Å². The van der Waals surface area contributed by atoms with Gasteiger partial charge in [-0.15, -0.1) is 0 Å². The molecule has 1 rings (SSSR count). The highest BCUT2D eigenvalue weighted by molar-refractivity contribution is 5.88. The average Bonchev–Trinajstić information content (AvgIpc) is 2.74. The number of amides is 3. The van der Waals surface area contributed by atoms with Gasteiger partial charge in [0, 0.05) is 52.0 Å². The van der Waals surface area contributed by atoms with E-state index in [4.69, 9.17) is 5.21 Å². The lowest BCUT2D eigenvalue weighted by Crippen LogP contribution is -2.56. The first kappa shape index (κ1) is 26.0. The second-order valence-electron chi connectivity index (χ2n) is 8.33. The molecule has 1 heterocycles. The van der Waals surface area contributed by atoms with Gasteiger partial charge in [-0.1, -0.05) is 27.2 Å². The molecule has 1 saturated heterocycles. The summed E-state index contributed by atoms with van der Waals surface area (Å²) in [5.41, 5.74) is 1.70. The lowest BCUT2D eigenvalue weighted by Gasteiger charge is -2.37. The highest BCUT2D eigenvalue weighted by Crippen LogP contribution is 2.17. The van der Waals surface area contributed by atoms with E-state index in [1.807, 2.05) is 13.8 Å². The zero-order valence-electron chi connectivity index (χ0n) is 18.6. The molecule has 0 aromatic heterocycles. The number of nitrogens with one attached hydrogen (secondary N) is 2. The van der Waals surface area contributed by atoms with E-state index < -0.39 is 11.9 Å². The van der Waals surface area contributed by atoms with E-state index in [0.717, 1.165) is 25.5 Å². The molecule has 1 aliphatic heterocycles. The van der Waals surface area contributed by atoms with Crippen molar-refractivity contribution in [3.8, 4) is 0 Å². The summed E-state index contributed by atoms with van der Waals surface area (Å²) in [5, 5.41) is 11.7. The number of nitrogens with zero attached hydrogens (tertiary/aromatic N) is 2. The van der Waals surface area contributed by atoms with E-state index >= 15 is 0 Å². The fraction of sp³-hybridized carbons (Fsp3) is 0.810. The van der Waals surface area contributed by atoms with Crippen molar-refractivity contribution in [2.45, 2.75) is 65.3 Å². The van der Waals surface area contributed by atoms with Crippen LogP contribution in [0.3, 0.4) is 0 Å². The quantitative estimate of drug-likeness (QED) is 0.178. The van der Waals surface area contributed by atoms with E-state index in [0.29, 0.717) is 45.6 Å². The van der Waals surface area contributed by atoms with E-state index in [-0.39, 0.29) is 30.1 Å². The van der Waals surface area contributed by atoms with Crippen LogP contribution in [0, 0.1) is 11.8 Å². The topological polar surface area (TPSA) is 119 Å². The normalized spacial score (nSPS) is 16.8. The summed E-state index contributed by atoms with van der Waals surface area (Å²) >= 11 is 0. The molecule has 0 aromatic rings. The van der Waals surface area contributed by atoms with Crippen LogP contribution in [0.15, 0.2) is 0 Å². The Bertz CT molecular complexity index is 562. The molecule has 1 aliphatic rings. The SMILES string of the molecule is CCC(=O)[C@@H](NC(=O)N1CCN(C[C@H](CCCCC=O)CC(=O)NO)CC1)C(C)C. The number of hydrogen-bond acceptors (Lipinski definition) is 6. The summed E-state index contributed by atoms with van der Waals surface area (Å²) in [6.45, 7) is 8.84. The molecule has 0 radical (unpaired) electrons. The fourth-order valence-corrected chi connectivity index (χ4v) is 3.79. The molecule has 0 unspecified atom stereocenters. The first-order valence-electron chi connectivity index (χ1n) is 11.0. The molecule has 0 saturated carbocycles. The Morgan fingerprint density at radius 1 is 1.10 bits per heavy atom. The molecular formula is C21H38N4O5. The minimum atomic E-state index is -0.465. The standard InChI is InChI=1S/C21H38N4O5/c1-4-18(27)20(16(2)3)22-21(29)25-11-9-24(10-12-25)15-17(14-19(28)23-30)8-6-5-7-13-26/h13,16-17,20,30H,4-12,14-15H2,1-3H3,(H,22,29)(H,23,28)/t17-,20+/m1/s1. The predicted molar refractivity (Wildman–Crippen MR) is 113 cm³/mol. The predicted octanol–water partition coefficient (Wildman–Crippen LogP) is 1.59. The Labute approximate surface area is 179 Å². The number of urea groups is 1. The molecule has 9 heteroatoms. The summed E-state index contributed by atoms with van der Waals surface area (Å²) in [6.07, 6.45) is 4.49. The second kappa shape index (κ2) is 14.1. The third-order valence-corrected chi connectivity index (χ3v) is 5.60. The lowest BCUT2D eigenvalue weighted by atomic mass is 9.96. The zero-order valence-corrected chi connectivity index (χ0v) is 18.6. The van der Waals surface area contributed by atoms with Gasteiger partial charge in [0.15, 0.2) is 5.78 Å². The highest BCUT2D eigenvalue weighted by atomic mass is 16.5. The van der Waals surface area contributed by atoms with Crippen LogP contribution in [0.5, 0.6) is 0 Å². The minimum Gasteiger partial charge on any atom is -0.328 e. The summed E-state index contributed by atoms with van der Waals surface area (Å²) < 4.78 is 0. The van der Waals surface area contributed by atoms with Crippen LogP contribution in [0.4, 0.5) is 4.79 Å². The van der Waals surface area contributed by atoms with Crippen molar-refractivity contribution < 1.29 is 24.4 Å². The number of carbonyl (C=O) groups excluding carboxylic acids is 4. The van der Waals surface area contributed by atoms with Gasteiger partial charge in [-0.05, 0) is 24.7 Å². The summed E-state index contributed by atoms with van der Waals surface area (Å²) in [5.74, 6) is -0.248. The Morgan fingerprint density at radius 2 is 1.77 bits per heavy atom. The number of rotatable bonds is 13. The molecule has 172 valence electrons. The van der Waals surface area contributed by atoms with E-state index in [1.54, 1.807) is 17.3 Å². The maximum atomic E-state index is 12.6. The third kappa shape index (κ3) is 9.21. The number of hydrogen-bond donors (Lipinski definition) is 3. The number of unbranched alkanes of at least 4 members (excludes halogenated alkanes) is 2. The van der Waals surface area contributed by atoms with Gasteiger partial charge in [0.1, 0.15) is 6.29 Å². The average molecular weight is 427 g/mol. The van der Waals surface area contributed by atoms with Crippen LogP contribution < -0.4 is 10.8 Å². The van der Waals surface area contributed by atoms with Gasteiger partial charge < -0.3 is 15.0 Å². The molecular weight excluding hydrogens is 388 g/mol. The zero-order chi connectivity index (χ0) is 22.5. The van der Waals surface area contributed by atoms with Crippen molar-refractivity contribution in [1.29, 1.82) is 0 Å². The number of piperazine rings is 1. The third-order valence-electron chi connectivity index (χ3n) is 5.60. The van der Waals surface area contributed by atoms with Crippen molar-refractivity contribution in [3.05, 3.63) is 0 Å². The Balaban J connectivity index is 2.52. The molecule has 0 aliphatic carbocycles. The van der Waals surface area contributed by atoms with Gasteiger partial charge in [0.25, 0.3) is 0 Å². The van der Waals surface area contributed by atoms with Crippen molar-refractivity contribution in [3.63, 3.8) is 0 Å². The van der Waals surface area contributed by atoms with Crippen molar-refractivity contribution in [2.75, 3.05) is 32.7 Å². The van der Waals surface area contributed by atoms with Crippen molar-refractivity contribution >= 4 is 24.0 Å². The monoisotopic (exact) mass is 426 g/mol. The fourth-order valence-electron chi connectivity index (χ4n) is 3.79. The van der Waals surface area contributed by atoms with Gasteiger partial charge in [0.2, 0.25) is 5.91 Å². The van der Waals surface area contributed by atoms with Crippen LogP contribution in [0.25, 0.3) is 0 Å². The minimum absolute atomic E-state index is 0.0385. The van der Waals surface area contributed by atoms with Gasteiger partial charge in [-0.3, -0.25) is 19.7 Å². The van der Waals surface area contributed by atoms with Gasteiger partial charge >= 0.3 is 6.03 Å². The van der Waals surface area contributed by atoms with Crippen LogP contribution >= 0.6 is 0 Å². The van der Waals surface area contributed by atoms with Crippen molar-refractivity contribution in [1.82, 2.24) is 20.6 Å². The molecule has 2 atom stereocenters. The van der Waals surface area contributed by atoms with E-state index in [2.05, 4.69) is 10.2 Å². The second-order valence-corrected chi connectivity index (χ2v) is 8.33. The number of ketones is 1. The molecule has 9 nitrogen and oxygen atoms in total. The lowest BCUT2D eigenvalue weighted by molar-refractivity contribution is -0.130. The summed E-state index contributed by atoms with van der Waals surface area (Å²) in [4.78, 5) is 50.7. The molecule has 3 amide bonds. The van der Waals surface area contributed by atoms with Gasteiger partial charge in [0.05, 0.1) is 6.04 Å². The Hall–Kier alpha value is -2.00. The first-order valence-corrected chi connectivity index (χ1v) is 11.0. The maximum Gasteiger partial charge on any atom is 0.318 e.